The van der Waals surface area contributed by atoms with Crippen molar-refractivity contribution >= 4 is 33.9 Å². The molecular formula is C20H12N2O2. The standard InChI is InChI=1S/C20H12N2O2/c23-19-14-6-1-2-7-15(14)20(24)22(19)18-9-3-8-17-16(18)11-10-13-5-4-12-21(13)17/h1-12H. The summed E-state index contributed by atoms with van der Waals surface area (Å²) in [4.78, 5) is 26.8. The summed E-state index contributed by atoms with van der Waals surface area (Å²) in [5.74, 6) is -0.536. The Balaban J connectivity index is 1.79. The number of carbonyl (C=O) groups is 2. The van der Waals surface area contributed by atoms with Gasteiger partial charge in [-0.25, -0.2) is 4.90 Å². The zero-order chi connectivity index (χ0) is 16.3. The van der Waals surface area contributed by atoms with Crippen LogP contribution in [0, 0.1) is 0 Å². The Hall–Kier alpha value is -3.40. The minimum Gasteiger partial charge on any atom is -0.317 e. The fourth-order valence-electron chi connectivity index (χ4n) is 3.44. The summed E-state index contributed by atoms with van der Waals surface area (Å²) in [6, 6.07) is 20.6. The Labute approximate surface area is 137 Å². The van der Waals surface area contributed by atoms with Gasteiger partial charge in [0.15, 0.2) is 0 Å². The molecule has 0 aliphatic carbocycles. The van der Waals surface area contributed by atoms with Crippen molar-refractivity contribution in [3.05, 3.63) is 84.1 Å². The summed E-state index contributed by atoms with van der Waals surface area (Å²) in [7, 11) is 0. The van der Waals surface area contributed by atoms with Gasteiger partial charge < -0.3 is 4.40 Å². The van der Waals surface area contributed by atoms with Gasteiger partial charge in [0, 0.05) is 17.1 Å². The van der Waals surface area contributed by atoms with Gasteiger partial charge in [0.05, 0.1) is 22.3 Å². The largest absolute Gasteiger partial charge is 0.317 e. The monoisotopic (exact) mass is 312 g/mol. The van der Waals surface area contributed by atoms with Crippen LogP contribution in [0.5, 0.6) is 0 Å². The second-order valence-corrected chi connectivity index (χ2v) is 5.84. The van der Waals surface area contributed by atoms with E-state index < -0.39 is 0 Å². The number of pyridine rings is 1. The molecule has 4 nitrogen and oxygen atoms in total. The third-order valence-corrected chi connectivity index (χ3v) is 4.56. The topological polar surface area (TPSA) is 41.8 Å². The predicted octanol–water partition coefficient (Wildman–Crippen LogP) is 3.89. The van der Waals surface area contributed by atoms with Crippen LogP contribution in [0.1, 0.15) is 20.7 Å². The molecular weight excluding hydrogens is 300 g/mol. The first-order valence-corrected chi connectivity index (χ1v) is 7.72. The number of fused-ring (bicyclic) bond motifs is 4. The van der Waals surface area contributed by atoms with E-state index in [0.29, 0.717) is 16.8 Å². The normalized spacial score (nSPS) is 13.9. The number of aromatic nitrogens is 1. The number of anilines is 1. The Bertz CT molecular complexity index is 1120. The molecule has 2 aromatic carbocycles. The van der Waals surface area contributed by atoms with Crippen LogP contribution in [0.4, 0.5) is 5.69 Å². The van der Waals surface area contributed by atoms with E-state index >= 15 is 0 Å². The van der Waals surface area contributed by atoms with Gasteiger partial charge in [0.1, 0.15) is 0 Å². The lowest BCUT2D eigenvalue weighted by atomic mass is 10.1. The molecule has 3 heterocycles. The lowest BCUT2D eigenvalue weighted by Gasteiger charge is -2.17. The number of amides is 2. The van der Waals surface area contributed by atoms with Crippen molar-refractivity contribution in [1.29, 1.82) is 0 Å². The van der Waals surface area contributed by atoms with Gasteiger partial charge in [-0.2, -0.15) is 0 Å². The van der Waals surface area contributed by atoms with Crippen LogP contribution in [0.2, 0.25) is 0 Å². The van der Waals surface area contributed by atoms with Crippen LogP contribution in [-0.4, -0.2) is 16.2 Å². The lowest BCUT2D eigenvalue weighted by Crippen LogP contribution is -2.29. The summed E-state index contributed by atoms with van der Waals surface area (Å²) in [6.07, 6.45) is 1.98. The van der Waals surface area contributed by atoms with E-state index in [1.165, 1.54) is 4.90 Å². The van der Waals surface area contributed by atoms with Gasteiger partial charge >= 0.3 is 0 Å². The third kappa shape index (κ3) is 1.57. The molecule has 0 fully saturated rings. The van der Waals surface area contributed by atoms with Crippen LogP contribution in [0.15, 0.2) is 72.9 Å². The molecule has 0 bridgehead atoms. The number of nitrogens with zero attached hydrogens (tertiary/aromatic N) is 2. The van der Waals surface area contributed by atoms with Crippen molar-refractivity contribution in [3.8, 4) is 0 Å². The highest BCUT2D eigenvalue weighted by Gasteiger charge is 2.36. The molecule has 24 heavy (non-hydrogen) atoms. The maximum absolute atomic E-state index is 12.8. The Morgan fingerprint density at radius 3 is 2.17 bits per heavy atom. The van der Waals surface area contributed by atoms with Gasteiger partial charge in [-0.15, -0.1) is 0 Å². The highest BCUT2D eigenvalue weighted by Crippen LogP contribution is 2.33. The molecule has 2 aromatic heterocycles. The first kappa shape index (κ1) is 13.1. The van der Waals surface area contributed by atoms with Crippen LogP contribution < -0.4 is 4.90 Å². The molecule has 0 saturated carbocycles. The SMILES string of the molecule is O=C1c2ccccc2C(=O)N1c1cccc2c1ccc1cccn12. The molecule has 0 radical (unpaired) electrons. The van der Waals surface area contributed by atoms with E-state index in [9.17, 15) is 9.59 Å². The summed E-state index contributed by atoms with van der Waals surface area (Å²) >= 11 is 0. The van der Waals surface area contributed by atoms with Crippen molar-refractivity contribution in [2.24, 2.45) is 0 Å². The molecule has 114 valence electrons. The third-order valence-electron chi connectivity index (χ3n) is 4.56. The molecule has 2 amide bonds. The fourth-order valence-corrected chi connectivity index (χ4v) is 3.44. The second-order valence-electron chi connectivity index (χ2n) is 5.84. The van der Waals surface area contributed by atoms with Gasteiger partial charge in [-0.1, -0.05) is 18.2 Å². The smallest absolute Gasteiger partial charge is 0.266 e. The first-order valence-electron chi connectivity index (χ1n) is 7.72. The summed E-state index contributed by atoms with van der Waals surface area (Å²) in [6.45, 7) is 0. The van der Waals surface area contributed by atoms with Crippen molar-refractivity contribution in [1.82, 2.24) is 4.40 Å². The average molecular weight is 312 g/mol. The Morgan fingerprint density at radius 2 is 1.42 bits per heavy atom. The van der Waals surface area contributed by atoms with Crippen molar-refractivity contribution in [2.45, 2.75) is 0 Å². The summed E-state index contributed by atoms with van der Waals surface area (Å²) in [5.41, 5.74) is 3.57. The van der Waals surface area contributed by atoms with E-state index in [-0.39, 0.29) is 11.8 Å². The number of imide groups is 1. The molecule has 1 aliphatic rings. The van der Waals surface area contributed by atoms with Crippen molar-refractivity contribution in [3.63, 3.8) is 0 Å². The Kier molecular flexibility index (Phi) is 2.48. The molecule has 4 aromatic rings. The molecule has 4 heteroatoms. The molecule has 0 unspecified atom stereocenters. The number of rotatable bonds is 1. The number of hydrogen-bond donors (Lipinski definition) is 0. The molecule has 0 spiro atoms. The van der Waals surface area contributed by atoms with Crippen LogP contribution in [-0.2, 0) is 0 Å². The molecule has 0 saturated heterocycles. The lowest BCUT2D eigenvalue weighted by molar-refractivity contribution is 0.0926. The summed E-state index contributed by atoms with van der Waals surface area (Å²) in [5, 5.41) is 0.871. The van der Waals surface area contributed by atoms with E-state index in [1.54, 1.807) is 24.3 Å². The van der Waals surface area contributed by atoms with Crippen LogP contribution in [0.3, 0.4) is 0 Å². The average Bonchev–Trinajstić information content (AvgIpc) is 3.19. The minimum atomic E-state index is -0.268. The highest BCUT2D eigenvalue weighted by atomic mass is 16.2. The first-order chi connectivity index (χ1) is 11.8. The van der Waals surface area contributed by atoms with Crippen molar-refractivity contribution in [2.75, 3.05) is 4.90 Å². The van der Waals surface area contributed by atoms with Gasteiger partial charge in [-0.3, -0.25) is 9.59 Å². The zero-order valence-electron chi connectivity index (χ0n) is 12.6. The molecule has 1 aliphatic heterocycles. The highest BCUT2D eigenvalue weighted by molar-refractivity contribution is 6.35. The molecule has 0 atom stereocenters. The summed E-state index contributed by atoms with van der Waals surface area (Å²) < 4.78 is 2.05. The predicted molar refractivity (Wildman–Crippen MR) is 92.5 cm³/mol. The van der Waals surface area contributed by atoms with E-state index in [2.05, 4.69) is 4.40 Å². The molecule has 5 rings (SSSR count). The quantitative estimate of drug-likeness (QED) is 0.500. The maximum atomic E-state index is 12.8. The van der Waals surface area contributed by atoms with Crippen LogP contribution >= 0.6 is 0 Å². The maximum Gasteiger partial charge on any atom is 0.266 e. The zero-order valence-corrected chi connectivity index (χ0v) is 12.6. The van der Waals surface area contributed by atoms with E-state index in [4.69, 9.17) is 0 Å². The van der Waals surface area contributed by atoms with Gasteiger partial charge in [0.25, 0.3) is 11.8 Å². The van der Waals surface area contributed by atoms with Crippen LogP contribution in [0.25, 0.3) is 16.4 Å². The van der Waals surface area contributed by atoms with Gasteiger partial charge in [-0.05, 0) is 48.5 Å². The Morgan fingerprint density at radius 1 is 0.667 bits per heavy atom. The fraction of sp³-hybridized carbons (Fsp3) is 0. The van der Waals surface area contributed by atoms with Crippen molar-refractivity contribution < 1.29 is 9.59 Å². The minimum absolute atomic E-state index is 0.268. The molecule has 0 N–H and O–H groups in total. The van der Waals surface area contributed by atoms with E-state index in [0.717, 1.165) is 16.4 Å². The van der Waals surface area contributed by atoms with Gasteiger partial charge in [0.2, 0.25) is 0 Å². The number of hydrogen-bond acceptors (Lipinski definition) is 2. The second kappa shape index (κ2) is 4.55. The number of carbonyl (C=O) groups excluding carboxylic acids is 2. The van der Waals surface area contributed by atoms with E-state index in [1.807, 2.05) is 48.7 Å². The number of benzene rings is 2.